The van der Waals surface area contributed by atoms with Crippen molar-refractivity contribution in [1.29, 1.82) is 5.26 Å². The molecule has 0 aliphatic heterocycles. The summed E-state index contributed by atoms with van der Waals surface area (Å²) >= 11 is 0. The second-order valence-electron chi connectivity index (χ2n) is 5.51. The van der Waals surface area contributed by atoms with Crippen LogP contribution >= 0.6 is 0 Å². The summed E-state index contributed by atoms with van der Waals surface area (Å²) in [6.45, 7) is 0.280. The molecular formula is C16H20N2O2. The molecule has 4 heteroatoms. The molecule has 4 nitrogen and oxygen atoms in total. The molecule has 0 heterocycles. The Balaban J connectivity index is 1.95. The molecule has 1 aromatic carbocycles. The lowest BCUT2D eigenvalue weighted by Gasteiger charge is -2.26. The SMILES string of the molecule is N#Cc1cccc(C(=O)NCC2(O)CCCCCC2)c1. The number of carbonyl (C=O) groups is 1. The maximum atomic E-state index is 12.1. The normalized spacial score (nSPS) is 17.8. The van der Waals surface area contributed by atoms with Crippen LogP contribution in [0.1, 0.15) is 54.4 Å². The summed E-state index contributed by atoms with van der Waals surface area (Å²) in [5.41, 5.74) is 0.144. The fourth-order valence-corrected chi connectivity index (χ4v) is 2.64. The molecule has 106 valence electrons. The average molecular weight is 272 g/mol. The number of rotatable bonds is 3. The number of nitriles is 1. The fourth-order valence-electron chi connectivity index (χ4n) is 2.64. The fraction of sp³-hybridized carbons (Fsp3) is 0.500. The van der Waals surface area contributed by atoms with Gasteiger partial charge >= 0.3 is 0 Å². The van der Waals surface area contributed by atoms with Gasteiger partial charge in [0.1, 0.15) is 0 Å². The first-order chi connectivity index (χ1) is 9.63. The van der Waals surface area contributed by atoms with Gasteiger partial charge in [-0.15, -0.1) is 0 Å². The van der Waals surface area contributed by atoms with Crippen molar-refractivity contribution in [3.63, 3.8) is 0 Å². The van der Waals surface area contributed by atoms with Gasteiger partial charge in [-0.1, -0.05) is 31.7 Å². The summed E-state index contributed by atoms with van der Waals surface area (Å²) in [4.78, 5) is 12.1. The molecule has 1 amide bonds. The zero-order valence-corrected chi connectivity index (χ0v) is 11.6. The largest absolute Gasteiger partial charge is 0.388 e. The monoisotopic (exact) mass is 272 g/mol. The molecule has 0 aromatic heterocycles. The summed E-state index contributed by atoms with van der Waals surface area (Å²) in [5, 5.41) is 22.1. The predicted molar refractivity (Wildman–Crippen MR) is 76.1 cm³/mol. The number of benzene rings is 1. The Bertz CT molecular complexity index is 511. The molecule has 0 unspecified atom stereocenters. The Morgan fingerprint density at radius 3 is 2.65 bits per heavy atom. The van der Waals surface area contributed by atoms with E-state index in [9.17, 15) is 9.90 Å². The molecule has 1 aliphatic rings. The van der Waals surface area contributed by atoms with Gasteiger partial charge in [0.2, 0.25) is 0 Å². The first-order valence-corrected chi connectivity index (χ1v) is 7.14. The maximum absolute atomic E-state index is 12.1. The van der Waals surface area contributed by atoms with Gasteiger partial charge < -0.3 is 10.4 Å². The molecule has 1 saturated carbocycles. The van der Waals surface area contributed by atoms with Crippen LogP contribution in [0.25, 0.3) is 0 Å². The summed E-state index contributed by atoms with van der Waals surface area (Å²) in [6, 6.07) is 8.60. The highest BCUT2D eigenvalue weighted by Crippen LogP contribution is 2.26. The number of hydrogen-bond acceptors (Lipinski definition) is 3. The first-order valence-electron chi connectivity index (χ1n) is 7.14. The Labute approximate surface area is 119 Å². The minimum atomic E-state index is -0.779. The minimum absolute atomic E-state index is 0.236. The van der Waals surface area contributed by atoms with E-state index in [1.54, 1.807) is 24.3 Å². The van der Waals surface area contributed by atoms with Crippen molar-refractivity contribution in [1.82, 2.24) is 5.32 Å². The smallest absolute Gasteiger partial charge is 0.251 e. The molecule has 0 spiro atoms. The van der Waals surface area contributed by atoms with E-state index >= 15 is 0 Å². The lowest BCUT2D eigenvalue weighted by molar-refractivity contribution is 0.0246. The van der Waals surface area contributed by atoms with Gasteiger partial charge in [0.05, 0.1) is 17.2 Å². The van der Waals surface area contributed by atoms with Crippen molar-refractivity contribution < 1.29 is 9.90 Å². The Hall–Kier alpha value is -1.86. The van der Waals surface area contributed by atoms with E-state index in [4.69, 9.17) is 5.26 Å². The van der Waals surface area contributed by atoms with Gasteiger partial charge in [-0.3, -0.25) is 4.79 Å². The molecule has 1 aliphatic carbocycles. The summed E-state index contributed by atoms with van der Waals surface area (Å²) in [5.74, 6) is -0.236. The highest BCUT2D eigenvalue weighted by molar-refractivity contribution is 5.94. The summed E-state index contributed by atoms with van der Waals surface area (Å²) in [7, 11) is 0. The molecule has 1 fully saturated rings. The van der Waals surface area contributed by atoms with Crippen LogP contribution in [0.4, 0.5) is 0 Å². The van der Waals surface area contributed by atoms with E-state index in [-0.39, 0.29) is 12.5 Å². The zero-order chi connectivity index (χ0) is 14.4. The minimum Gasteiger partial charge on any atom is -0.388 e. The van der Waals surface area contributed by atoms with E-state index < -0.39 is 5.60 Å². The van der Waals surface area contributed by atoms with Gasteiger partial charge in [0.15, 0.2) is 0 Å². The number of amides is 1. The third kappa shape index (κ3) is 3.82. The van der Waals surface area contributed by atoms with Crippen LogP contribution in [0.3, 0.4) is 0 Å². The molecule has 0 saturated heterocycles. The van der Waals surface area contributed by atoms with Gasteiger partial charge in [0, 0.05) is 12.1 Å². The lowest BCUT2D eigenvalue weighted by Crippen LogP contribution is -2.42. The van der Waals surface area contributed by atoms with Crippen LogP contribution in [-0.4, -0.2) is 23.2 Å². The topological polar surface area (TPSA) is 73.1 Å². The second kappa shape index (κ2) is 6.53. The van der Waals surface area contributed by atoms with Crippen molar-refractivity contribution >= 4 is 5.91 Å². The molecule has 0 atom stereocenters. The Kier molecular flexibility index (Phi) is 4.75. The molecule has 2 N–H and O–H groups in total. The van der Waals surface area contributed by atoms with Crippen molar-refractivity contribution in [3.05, 3.63) is 35.4 Å². The predicted octanol–water partition coefficient (Wildman–Crippen LogP) is 2.37. The number of nitrogens with one attached hydrogen (secondary N) is 1. The molecule has 2 rings (SSSR count). The third-order valence-electron chi connectivity index (χ3n) is 3.87. The van der Waals surface area contributed by atoms with E-state index in [2.05, 4.69) is 5.32 Å². The number of carbonyl (C=O) groups excluding carboxylic acids is 1. The Morgan fingerprint density at radius 1 is 1.30 bits per heavy atom. The number of hydrogen-bond donors (Lipinski definition) is 2. The van der Waals surface area contributed by atoms with Crippen molar-refractivity contribution in [2.75, 3.05) is 6.54 Å². The summed E-state index contributed by atoms with van der Waals surface area (Å²) < 4.78 is 0. The van der Waals surface area contributed by atoms with Gasteiger partial charge in [-0.25, -0.2) is 0 Å². The number of nitrogens with zero attached hydrogens (tertiary/aromatic N) is 1. The molecule has 1 aromatic rings. The third-order valence-corrected chi connectivity index (χ3v) is 3.87. The Morgan fingerprint density at radius 2 is 2.00 bits per heavy atom. The van der Waals surface area contributed by atoms with Crippen LogP contribution in [-0.2, 0) is 0 Å². The first kappa shape index (κ1) is 14.5. The lowest BCUT2D eigenvalue weighted by atomic mass is 9.94. The molecule has 0 radical (unpaired) electrons. The van der Waals surface area contributed by atoms with E-state index in [0.29, 0.717) is 11.1 Å². The van der Waals surface area contributed by atoms with E-state index in [0.717, 1.165) is 38.5 Å². The van der Waals surface area contributed by atoms with Gasteiger partial charge in [-0.2, -0.15) is 5.26 Å². The highest BCUT2D eigenvalue weighted by atomic mass is 16.3. The van der Waals surface area contributed by atoms with Crippen LogP contribution in [0.15, 0.2) is 24.3 Å². The average Bonchev–Trinajstić information content (AvgIpc) is 2.70. The summed E-state index contributed by atoms with van der Waals surface area (Å²) in [6.07, 6.45) is 5.81. The zero-order valence-electron chi connectivity index (χ0n) is 11.6. The maximum Gasteiger partial charge on any atom is 0.251 e. The standard InChI is InChI=1S/C16H20N2O2/c17-11-13-6-5-7-14(10-13)15(19)18-12-16(20)8-3-1-2-4-9-16/h5-7,10,20H,1-4,8-9,12H2,(H,18,19). The quantitative estimate of drug-likeness (QED) is 0.830. The van der Waals surface area contributed by atoms with Crippen molar-refractivity contribution in [2.24, 2.45) is 0 Å². The highest BCUT2D eigenvalue weighted by Gasteiger charge is 2.28. The molecule has 0 bridgehead atoms. The molecule has 20 heavy (non-hydrogen) atoms. The van der Waals surface area contributed by atoms with Crippen LogP contribution in [0.5, 0.6) is 0 Å². The van der Waals surface area contributed by atoms with Crippen molar-refractivity contribution in [3.8, 4) is 6.07 Å². The van der Waals surface area contributed by atoms with E-state index in [1.807, 2.05) is 6.07 Å². The van der Waals surface area contributed by atoms with Crippen molar-refractivity contribution in [2.45, 2.75) is 44.1 Å². The van der Waals surface area contributed by atoms with Gasteiger partial charge in [0.25, 0.3) is 5.91 Å². The second-order valence-corrected chi connectivity index (χ2v) is 5.51. The van der Waals surface area contributed by atoms with Crippen LogP contribution in [0, 0.1) is 11.3 Å². The van der Waals surface area contributed by atoms with Gasteiger partial charge in [-0.05, 0) is 31.0 Å². The van der Waals surface area contributed by atoms with Crippen LogP contribution in [0.2, 0.25) is 0 Å². The molecular weight excluding hydrogens is 252 g/mol. The van der Waals surface area contributed by atoms with Crippen LogP contribution < -0.4 is 5.32 Å². The van der Waals surface area contributed by atoms with E-state index in [1.165, 1.54) is 0 Å². The number of aliphatic hydroxyl groups is 1.